The lowest BCUT2D eigenvalue weighted by Crippen LogP contribution is -2.36. The molecule has 6 heteroatoms. The molecule has 0 aliphatic rings. The van der Waals surface area contributed by atoms with Crippen molar-refractivity contribution >= 4 is 30.4 Å². The van der Waals surface area contributed by atoms with E-state index in [2.05, 4.69) is 43.8 Å². The van der Waals surface area contributed by atoms with Gasteiger partial charge in [0.2, 0.25) is 0 Å². The summed E-state index contributed by atoms with van der Waals surface area (Å²) in [5.74, 6) is 0.700. The molecule has 0 fully saturated rings. The van der Waals surface area contributed by atoms with Crippen LogP contribution in [0.15, 0.2) is 6.20 Å². The largest absolute Gasteiger partial charge is 0.465 e. The van der Waals surface area contributed by atoms with Crippen molar-refractivity contribution in [1.82, 2.24) is 9.13 Å². The van der Waals surface area contributed by atoms with Crippen LogP contribution in [0, 0.1) is 33.6 Å². The summed E-state index contributed by atoms with van der Waals surface area (Å²) >= 11 is 11.1. The monoisotopic (exact) mass is 440 g/mol. The quantitative estimate of drug-likeness (QED) is 0.201. The van der Waals surface area contributed by atoms with Crippen molar-refractivity contribution in [2.45, 2.75) is 93.7 Å². The van der Waals surface area contributed by atoms with Crippen molar-refractivity contribution in [3.05, 3.63) is 21.2 Å². The number of aromatic nitrogens is 2. The predicted molar refractivity (Wildman–Crippen MR) is 126 cm³/mol. The number of esters is 1. The van der Waals surface area contributed by atoms with Crippen molar-refractivity contribution < 1.29 is 9.53 Å². The number of nitrogens with zero attached hydrogens (tertiary/aromatic N) is 2. The molecule has 0 aromatic carbocycles. The highest BCUT2D eigenvalue weighted by molar-refractivity contribution is 7.72. The smallest absolute Gasteiger partial charge is 0.312 e. The molecule has 0 radical (unpaired) electrons. The minimum absolute atomic E-state index is 0.0490. The van der Waals surface area contributed by atoms with E-state index < -0.39 is 5.41 Å². The third kappa shape index (κ3) is 7.32. The molecule has 4 nitrogen and oxygen atoms in total. The molecule has 0 aliphatic carbocycles. The Balaban J connectivity index is 2.44. The normalized spacial score (nSPS) is 13.7. The highest BCUT2D eigenvalue weighted by Gasteiger charge is 2.38. The maximum Gasteiger partial charge on any atom is 0.312 e. The molecule has 1 unspecified atom stereocenters. The maximum absolute atomic E-state index is 12.6. The van der Waals surface area contributed by atoms with Crippen LogP contribution in [-0.2, 0) is 22.6 Å². The Morgan fingerprint density at radius 3 is 2.31 bits per heavy atom. The fourth-order valence-corrected chi connectivity index (χ4v) is 4.33. The van der Waals surface area contributed by atoms with E-state index in [0.717, 1.165) is 60.2 Å². The highest BCUT2D eigenvalue weighted by atomic mass is 32.1. The summed E-state index contributed by atoms with van der Waals surface area (Å²) in [6.07, 6.45) is 6.94. The van der Waals surface area contributed by atoms with E-state index in [-0.39, 0.29) is 11.9 Å². The molecule has 1 rings (SSSR count). The van der Waals surface area contributed by atoms with E-state index in [0.29, 0.717) is 12.5 Å². The van der Waals surface area contributed by atoms with Gasteiger partial charge in [-0.25, -0.2) is 0 Å². The zero-order chi connectivity index (χ0) is 22.2. The molecule has 0 bridgehead atoms. The molecule has 0 saturated carbocycles. The molecular weight excluding hydrogens is 400 g/mol. The van der Waals surface area contributed by atoms with Crippen LogP contribution in [0.4, 0.5) is 0 Å². The minimum atomic E-state index is -0.398. The number of aryl methyl sites for hydroxylation is 2. The van der Waals surface area contributed by atoms with Crippen LogP contribution in [0.25, 0.3) is 0 Å². The lowest BCUT2D eigenvalue weighted by atomic mass is 9.73. The first-order valence-corrected chi connectivity index (χ1v) is 11.8. The van der Waals surface area contributed by atoms with Gasteiger partial charge in [0.25, 0.3) is 0 Å². The number of hydrogen-bond acceptors (Lipinski definition) is 4. The Morgan fingerprint density at radius 1 is 1.14 bits per heavy atom. The van der Waals surface area contributed by atoms with Gasteiger partial charge in [-0.3, -0.25) is 4.79 Å². The first-order valence-electron chi connectivity index (χ1n) is 11.0. The Labute approximate surface area is 187 Å². The highest BCUT2D eigenvalue weighted by Crippen LogP contribution is 2.35. The van der Waals surface area contributed by atoms with Gasteiger partial charge in [-0.2, -0.15) is 0 Å². The lowest BCUT2D eigenvalue weighted by Gasteiger charge is -2.32. The zero-order valence-electron chi connectivity index (χ0n) is 19.4. The molecule has 1 aromatic rings. The molecule has 29 heavy (non-hydrogen) atoms. The number of ether oxygens (including phenoxy) is 1. The second-order valence-corrected chi connectivity index (χ2v) is 9.81. The molecule has 1 aromatic heterocycles. The Hall–Kier alpha value is -1.01. The van der Waals surface area contributed by atoms with Gasteiger partial charge in [-0.15, -0.1) is 0 Å². The van der Waals surface area contributed by atoms with Gasteiger partial charge in [0, 0.05) is 24.8 Å². The summed E-state index contributed by atoms with van der Waals surface area (Å²) in [5.41, 5.74) is 0.696. The Kier molecular flexibility index (Phi) is 10.8. The maximum atomic E-state index is 12.6. The van der Waals surface area contributed by atoms with Crippen molar-refractivity contribution in [3.8, 4) is 0 Å². The molecule has 0 aliphatic heterocycles. The summed E-state index contributed by atoms with van der Waals surface area (Å²) in [5, 5.41) is 0. The molecule has 0 N–H and O–H groups in total. The summed E-state index contributed by atoms with van der Waals surface area (Å²) in [7, 11) is 0. The van der Waals surface area contributed by atoms with E-state index in [9.17, 15) is 4.79 Å². The molecule has 0 saturated heterocycles. The average Bonchev–Trinajstić information content (AvgIpc) is 2.65. The van der Waals surface area contributed by atoms with Gasteiger partial charge < -0.3 is 13.9 Å². The van der Waals surface area contributed by atoms with E-state index in [1.165, 1.54) is 0 Å². The zero-order valence-corrected chi connectivity index (χ0v) is 21.0. The lowest BCUT2D eigenvalue weighted by molar-refractivity contribution is -0.159. The topological polar surface area (TPSA) is 36.2 Å². The summed E-state index contributed by atoms with van der Waals surface area (Å²) < 4.78 is 11.4. The molecule has 1 atom stereocenters. The molecule has 0 spiro atoms. The van der Waals surface area contributed by atoms with E-state index in [1.807, 2.05) is 20.0 Å². The van der Waals surface area contributed by atoms with Gasteiger partial charge >= 0.3 is 5.97 Å². The fraction of sp³-hybridized carbons (Fsp3) is 0.783. The number of unbranched alkanes of at least 4 members (excludes halogenated alkanes) is 3. The number of rotatable bonds is 12. The van der Waals surface area contributed by atoms with Crippen molar-refractivity contribution in [1.29, 1.82) is 0 Å². The fourth-order valence-electron chi connectivity index (χ4n) is 3.68. The molecule has 166 valence electrons. The van der Waals surface area contributed by atoms with Gasteiger partial charge in [0.15, 0.2) is 4.77 Å². The van der Waals surface area contributed by atoms with Crippen molar-refractivity contribution in [2.75, 3.05) is 6.61 Å². The van der Waals surface area contributed by atoms with Crippen molar-refractivity contribution in [2.24, 2.45) is 17.3 Å². The second kappa shape index (κ2) is 12.0. The van der Waals surface area contributed by atoms with Crippen LogP contribution in [0.5, 0.6) is 0 Å². The van der Waals surface area contributed by atoms with Crippen LogP contribution in [-0.4, -0.2) is 21.7 Å². The van der Waals surface area contributed by atoms with E-state index in [1.54, 1.807) is 0 Å². The first kappa shape index (κ1) is 26.0. The van der Waals surface area contributed by atoms with Crippen LogP contribution in [0.2, 0.25) is 0 Å². The van der Waals surface area contributed by atoms with E-state index >= 15 is 0 Å². The van der Waals surface area contributed by atoms with Gasteiger partial charge in [0.05, 0.1) is 12.0 Å². The van der Waals surface area contributed by atoms with Crippen LogP contribution < -0.4 is 0 Å². The molecular formula is C23H40N2O2S2. The number of carbonyl (C=O) groups excluding carboxylic acids is 1. The van der Waals surface area contributed by atoms with Crippen LogP contribution >= 0.6 is 24.4 Å². The van der Waals surface area contributed by atoms with Gasteiger partial charge in [0.1, 0.15) is 4.64 Å². The summed E-state index contributed by atoms with van der Waals surface area (Å²) in [6, 6.07) is 0. The third-order valence-corrected chi connectivity index (χ3v) is 6.83. The predicted octanol–water partition coefficient (Wildman–Crippen LogP) is 6.89. The van der Waals surface area contributed by atoms with E-state index in [4.69, 9.17) is 29.2 Å². The van der Waals surface area contributed by atoms with Crippen LogP contribution in [0.3, 0.4) is 0 Å². The van der Waals surface area contributed by atoms with Gasteiger partial charge in [-0.05, 0) is 70.5 Å². The number of hydrogen-bond donors (Lipinski definition) is 0. The Bertz CT molecular complexity index is 780. The second-order valence-electron chi connectivity index (χ2n) is 9.06. The minimum Gasteiger partial charge on any atom is -0.465 e. The summed E-state index contributed by atoms with van der Waals surface area (Å²) in [6.45, 7) is 16.9. The molecule has 0 amide bonds. The van der Waals surface area contributed by atoms with Gasteiger partial charge in [-0.1, -0.05) is 46.3 Å². The van der Waals surface area contributed by atoms with Crippen LogP contribution in [0.1, 0.15) is 79.2 Å². The Morgan fingerprint density at radius 2 is 1.76 bits per heavy atom. The number of carbonyl (C=O) groups is 1. The third-order valence-electron chi connectivity index (χ3n) is 5.83. The first-order chi connectivity index (χ1) is 13.5. The standard InChI is InChI=1S/C23H40N2O2S2/c1-8-24-16-19(6)20(28)25(22(24)29)13-11-9-10-12-14-27-21(26)23(7,18(4)5)15-17(2)3/h16-18H,8-15H2,1-7H3. The average molecular weight is 441 g/mol. The SMILES string of the molecule is CCn1cc(C)c(=S)n(CCCCCCOC(=O)C(C)(CC(C)C)C(C)C)c1=S. The molecule has 1 heterocycles. The summed E-state index contributed by atoms with van der Waals surface area (Å²) in [4.78, 5) is 12.6. The van der Waals surface area contributed by atoms with Crippen molar-refractivity contribution in [3.63, 3.8) is 0 Å².